The summed E-state index contributed by atoms with van der Waals surface area (Å²) in [5, 5.41) is 9.28. The Morgan fingerprint density at radius 2 is 2.14 bits per heavy atom. The third kappa shape index (κ3) is 1.77. The molecule has 5 heteroatoms. The summed E-state index contributed by atoms with van der Waals surface area (Å²) in [6.45, 7) is 1.25. The molecule has 0 saturated carbocycles. The van der Waals surface area contributed by atoms with E-state index in [0.29, 0.717) is 25.9 Å². The van der Waals surface area contributed by atoms with Crippen molar-refractivity contribution in [3.63, 3.8) is 0 Å². The molecule has 0 unspecified atom stereocenters. The number of aliphatic hydroxyl groups is 1. The van der Waals surface area contributed by atoms with Crippen LogP contribution in [0.5, 0.6) is 0 Å². The first-order valence-corrected chi connectivity index (χ1v) is 4.72. The number of nitrogens with zero attached hydrogens (tertiary/aromatic N) is 3. The molecule has 76 valence electrons. The van der Waals surface area contributed by atoms with Crippen LogP contribution < -0.4 is 0 Å². The number of imidazole rings is 1. The number of likely N-dealkylation sites (tertiary alicyclic amines) is 1. The minimum atomic E-state index is -0.248. The zero-order valence-corrected chi connectivity index (χ0v) is 7.83. The number of carbonyl (C=O) groups is 1. The second kappa shape index (κ2) is 3.79. The minimum absolute atomic E-state index is 0.0607. The molecule has 0 atom stereocenters. The third-order valence-corrected chi connectivity index (χ3v) is 2.46. The molecule has 1 saturated heterocycles. The Labute approximate surface area is 82.0 Å². The standard InChI is InChI=1S/C9H13N3O2/c13-8-1-4-11(5-2-8)9(14)12-6-3-10-7-12/h3,6-8,13H,1-2,4-5H2. The van der Waals surface area contributed by atoms with Crippen LogP contribution in [0.4, 0.5) is 4.79 Å². The van der Waals surface area contributed by atoms with E-state index < -0.39 is 0 Å². The van der Waals surface area contributed by atoms with Crippen LogP contribution in [0.3, 0.4) is 0 Å². The second-order valence-corrected chi connectivity index (χ2v) is 3.47. The van der Waals surface area contributed by atoms with Crippen molar-refractivity contribution < 1.29 is 9.90 Å². The van der Waals surface area contributed by atoms with Crippen LogP contribution in [-0.4, -0.2) is 44.8 Å². The van der Waals surface area contributed by atoms with Crippen molar-refractivity contribution in [3.05, 3.63) is 18.7 Å². The average Bonchev–Trinajstić information content (AvgIpc) is 2.71. The number of aromatic nitrogens is 2. The molecular weight excluding hydrogens is 182 g/mol. The van der Waals surface area contributed by atoms with E-state index in [0.717, 1.165) is 0 Å². The summed E-state index contributed by atoms with van der Waals surface area (Å²) in [6.07, 6.45) is 5.79. The topological polar surface area (TPSA) is 58.4 Å². The lowest BCUT2D eigenvalue weighted by Crippen LogP contribution is -2.41. The highest BCUT2D eigenvalue weighted by molar-refractivity contribution is 5.76. The van der Waals surface area contributed by atoms with Crippen molar-refractivity contribution in [1.29, 1.82) is 0 Å². The fraction of sp³-hybridized carbons (Fsp3) is 0.556. The van der Waals surface area contributed by atoms with Crippen molar-refractivity contribution in [3.8, 4) is 0 Å². The van der Waals surface area contributed by atoms with Crippen LogP contribution in [0.15, 0.2) is 18.7 Å². The van der Waals surface area contributed by atoms with Gasteiger partial charge in [0, 0.05) is 25.5 Å². The van der Waals surface area contributed by atoms with E-state index in [4.69, 9.17) is 0 Å². The van der Waals surface area contributed by atoms with Gasteiger partial charge in [-0.1, -0.05) is 0 Å². The number of carbonyl (C=O) groups excluding carboxylic acids is 1. The van der Waals surface area contributed by atoms with Crippen LogP contribution in [-0.2, 0) is 0 Å². The van der Waals surface area contributed by atoms with Gasteiger partial charge in [0.15, 0.2) is 0 Å². The summed E-state index contributed by atoms with van der Waals surface area (Å²) in [6, 6.07) is -0.0607. The van der Waals surface area contributed by atoms with Crippen molar-refractivity contribution in [1.82, 2.24) is 14.5 Å². The normalized spacial score (nSPS) is 18.5. The Hall–Kier alpha value is -1.36. The number of amides is 1. The fourth-order valence-electron chi connectivity index (χ4n) is 1.59. The molecule has 0 bridgehead atoms. The number of hydrogen-bond acceptors (Lipinski definition) is 3. The molecular formula is C9H13N3O2. The molecule has 1 N–H and O–H groups in total. The van der Waals surface area contributed by atoms with Gasteiger partial charge in [-0.05, 0) is 12.8 Å². The van der Waals surface area contributed by atoms with E-state index in [9.17, 15) is 9.90 Å². The first-order chi connectivity index (χ1) is 6.77. The Morgan fingerprint density at radius 3 is 2.71 bits per heavy atom. The first-order valence-electron chi connectivity index (χ1n) is 4.72. The van der Waals surface area contributed by atoms with Gasteiger partial charge in [-0.25, -0.2) is 9.78 Å². The molecule has 1 aromatic heterocycles. The Morgan fingerprint density at radius 1 is 1.43 bits per heavy atom. The van der Waals surface area contributed by atoms with Crippen LogP contribution in [0, 0.1) is 0 Å². The van der Waals surface area contributed by atoms with Gasteiger partial charge < -0.3 is 10.0 Å². The van der Waals surface area contributed by atoms with Gasteiger partial charge in [0.05, 0.1) is 6.10 Å². The maximum Gasteiger partial charge on any atom is 0.329 e. The van der Waals surface area contributed by atoms with Crippen molar-refractivity contribution in [2.45, 2.75) is 18.9 Å². The van der Waals surface area contributed by atoms with Gasteiger partial charge >= 0.3 is 6.03 Å². The number of aliphatic hydroxyl groups excluding tert-OH is 1. The maximum atomic E-state index is 11.7. The van der Waals surface area contributed by atoms with Gasteiger partial charge in [0.2, 0.25) is 0 Å². The quantitative estimate of drug-likeness (QED) is 0.648. The summed E-state index contributed by atoms with van der Waals surface area (Å²) in [7, 11) is 0. The van der Waals surface area contributed by atoms with Crippen molar-refractivity contribution in [2.75, 3.05) is 13.1 Å². The van der Waals surface area contributed by atoms with Crippen LogP contribution in [0.2, 0.25) is 0 Å². The summed E-state index contributed by atoms with van der Waals surface area (Å²) in [4.78, 5) is 17.3. The van der Waals surface area contributed by atoms with Gasteiger partial charge in [-0.3, -0.25) is 4.57 Å². The Kier molecular flexibility index (Phi) is 2.49. The lowest BCUT2D eigenvalue weighted by atomic mass is 10.1. The number of hydrogen-bond donors (Lipinski definition) is 1. The van der Waals surface area contributed by atoms with Gasteiger partial charge in [0.1, 0.15) is 6.33 Å². The zero-order chi connectivity index (χ0) is 9.97. The highest BCUT2D eigenvalue weighted by Gasteiger charge is 2.21. The third-order valence-electron chi connectivity index (χ3n) is 2.46. The van der Waals surface area contributed by atoms with E-state index in [-0.39, 0.29) is 12.1 Å². The van der Waals surface area contributed by atoms with Crippen LogP contribution in [0.25, 0.3) is 0 Å². The van der Waals surface area contributed by atoms with E-state index >= 15 is 0 Å². The molecule has 1 aromatic rings. The van der Waals surface area contributed by atoms with Crippen LogP contribution >= 0.6 is 0 Å². The monoisotopic (exact) mass is 195 g/mol. The maximum absolute atomic E-state index is 11.7. The van der Waals surface area contributed by atoms with Gasteiger partial charge in [0.25, 0.3) is 0 Å². The SMILES string of the molecule is O=C(N1CCC(O)CC1)n1ccnc1. The Balaban J connectivity index is 1.99. The average molecular weight is 195 g/mol. The molecule has 1 fully saturated rings. The molecule has 1 amide bonds. The largest absolute Gasteiger partial charge is 0.393 e. The predicted molar refractivity (Wildman–Crippen MR) is 49.8 cm³/mol. The molecule has 1 aliphatic rings. The number of rotatable bonds is 0. The molecule has 0 radical (unpaired) electrons. The molecule has 0 aliphatic carbocycles. The second-order valence-electron chi connectivity index (χ2n) is 3.47. The fourth-order valence-corrected chi connectivity index (χ4v) is 1.59. The lowest BCUT2D eigenvalue weighted by molar-refractivity contribution is 0.0940. The van der Waals surface area contributed by atoms with E-state index in [1.165, 1.54) is 10.9 Å². The highest BCUT2D eigenvalue weighted by atomic mass is 16.3. The van der Waals surface area contributed by atoms with Gasteiger partial charge in [-0.2, -0.15) is 0 Å². The zero-order valence-electron chi connectivity index (χ0n) is 7.83. The summed E-state index contributed by atoms with van der Waals surface area (Å²) < 4.78 is 1.46. The molecule has 2 rings (SSSR count). The first kappa shape index (κ1) is 9.21. The molecule has 2 heterocycles. The van der Waals surface area contributed by atoms with E-state index in [1.54, 1.807) is 17.3 Å². The molecule has 1 aliphatic heterocycles. The molecule has 0 spiro atoms. The van der Waals surface area contributed by atoms with Gasteiger partial charge in [-0.15, -0.1) is 0 Å². The minimum Gasteiger partial charge on any atom is -0.393 e. The lowest BCUT2D eigenvalue weighted by Gasteiger charge is -2.29. The molecule has 14 heavy (non-hydrogen) atoms. The predicted octanol–water partition coefficient (Wildman–Crippen LogP) is 0.308. The van der Waals surface area contributed by atoms with E-state index in [2.05, 4.69) is 4.98 Å². The van der Waals surface area contributed by atoms with Crippen molar-refractivity contribution >= 4 is 6.03 Å². The number of piperidine rings is 1. The summed E-state index contributed by atoms with van der Waals surface area (Å²) in [5.74, 6) is 0. The van der Waals surface area contributed by atoms with Crippen molar-refractivity contribution in [2.24, 2.45) is 0 Å². The molecule has 0 aromatic carbocycles. The van der Waals surface area contributed by atoms with Crippen LogP contribution in [0.1, 0.15) is 12.8 Å². The van der Waals surface area contributed by atoms with E-state index in [1.807, 2.05) is 0 Å². The smallest absolute Gasteiger partial charge is 0.329 e. The summed E-state index contributed by atoms with van der Waals surface area (Å²) in [5.41, 5.74) is 0. The molecule has 5 nitrogen and oxygen atoms in total. The highest BCUT2D eigenvalue weighted by Crippen LogP contribution is 2.10. The Bertz CT molecular complexity index is 302. The summed E-state index contributed by atoms with van der Waals surface area (Å²) >= 11 is 0.